The third-order valence-corrected chi connectivity index (χ3v) is 5.37. The summed E-state index contributed by atoms with van der Waals surface area (Å²) in [5.74, 6) is 2.24. The number of nitrogens with one attached hydrogen (secondary N) is 1. The Bertz CT molecular complexity index is 1070. The molecule has 5 rings (SSSR count). The lowest BCUT2D eigenvalue weighted by Gasteiger charge is -2.34. The predicted octanol–water partition coefficient (Wildman–Crippen LogP) is 4.25. The van der Waals surface area contributed by atoms with Crippen molar-refractivity contribution in [1.82, 2.24) is 14.8 Å². The van der Waals surface area contributed by atoms with E-state index in [1.807, 2.05) is 43.3 Å². The number of Topliss-reactive ketones (excluding diaryl/α,β-unsaturated/α-hetero) is 1. The molecule has 0 saturated carbocycles. The van der Waals surface area contributed by atoms with Crippen molar-refractivity contribution in [3.8, 4) is 0 Å². The number of aromatic nitrogens is 3. The highest BCUT2D eigenvalue weighted by Gasteiger charge is 2.40. The van der Waals surface area contributed by atoms with Crippen molar-refractivity contribution in [3.63, 3.8) is 0 Å². The van der Waals surface area contributed by atoms with Crippen LogP contribution in [0.5, 0.6) is 0 Å². The summed E-state index contributed by atoms with van der Waals surface area (Å²) in [5, 5.41) is 8.49. The number of hydrogen-bond acceptors (Lipinski definition) is 5. The van der Waals surface area contributed by atoms with Crippen LogP contribution in [0.3, 0.4) is 0 Å². The van der Waals surface area contributed by atoms with Gasteiger partial charge in [0.25, 0.3) is 0 Å². The summed E-state index contributed by atoms with van der Waals surface area (Å²) >= 11 is 6.22. The minimum absolute atomic E-state index is 0.0225. The van der Waals surface area contributed by atoms with Gasteiger partial charge in [0.2, 0.25) is 5.95 Å². The molecule has 0 spiro atoms. The van der Waals surface area contributed by atoms with Gasteiger partial charge in [-0.05, 0) is 43.2 Å². The zero-order valence-electron chi connectivity index (χ0n) is 14.6. The maximum Gasteiger partial charge on any atom is 0.226 e. The number of fused-ring (bicyclic) bond motifs is 1. The number of ketones is 1. The van der Waals surface area contributed by atoms with Crippen molar-refractivity contribution in [3.05, 3.63) is 76.1 Å². The van der Waals surface area contributed by atoms with Gasteiger partial charge in [-0.2, -0.15) is 10.1 Å². The Balaban J connectivity index is 1.65. The standard InChI is InChI=1S/C20H17ClN4O2/c1-11-22-20-23-15-9-13(17-6-3-7-27-17)10-16(26)18(15)19(25(20)24-11)12-4-2-5-14(21)8-12/h2-8,13,19H,9-10H2,1H3,(H,22,23,24). The van der Waals surface area contributed by atoms with Gasteiger partial charge < -0.3 is 9.73 Å². The average molecular weight is 381 g/mol. The summed E-state index contributed by atoms with van der Waals surface area (Å²) in [7, 11) is 0. The third kappa shape index (κ3) is 2.68. The number of allylic oxidation sites excluding steroid dienone is 2. The molecule has 0 amide bonds. The summed E-state index contributed by atoms with van der Waals surface area (Å²) in [5.41, 5.74) is 2.54. The van der Waals surface area contributed by atoms with Crippen LogP contribution < -0.4 is 5.32 Å². The van der Waals surface area contributed by atoms with Gasteiger partial charge in [0.1, 0.15) is 17.6 Å². The maximum absolute atomic E-state index is 13.2. The first-order valence-corrected chi connectivity index (χ1v) is 9.23. The fourth-order valence-electron chi connectivity index (χ4n) is 4.03. The predicted molar refractivity (Wildman–Crippen MR) is 101 cm³/mol. The highest BCUT2D eigenvalue weighted by Crippen LogP contribution is 2.44. The van der Waals surface area contributed by atoms with E-state index in [-0.39, 0.29) is 17.7 Å². The number of rotatable bonds is 2. The minimum atomic E-state index is -0.332. The Hall–Kier alpha value is -2.86. The number of aryl methyl sites for hydroxylation is 1. The van der Waals surface area contributed by atoms with Crippen LogP contribution in [0.25, 0.3) is 0 Å². The number of benzene rings is 1. The van der Waals surface area contributed by atoms with Crippen LogP contribution in [-0.4, -0.2) is 20.5 Å². The van der Waals surface area contributed by atoms with Gasteiger partial charge in [0.15, 0.2) is 5.78 Å². The monoisotopic (exact) mass is 380 g/mol. The van der Waals surface area contributed by atoms with E-state index in [1.54, 1.807) is 10.9 Å². The first-order chi connectivity index (χ1) is 13.1. The lowest BCUT2D eigenvalue weighted by Crippen LogP contribution is -2.33. The molecular formula is C20H17ClN4O2. The molecule has 2 atom stereocenters. The van der Waals surface area contributed by atoms with E-state index in [2.05, 4.69) is 15.4 Å². The molecule has 27 heavy (non-hydrogen) atoms. The highest BCUT2D eigenvalue weighted by atomic mass is 35.5. The number of carbonyl (C=O) groups excluding carboxylic acids is 1. The van der Waals surface area contributed by atoms with Crippen molar-refractivity contribution >= 4 is 23.3 Å². The first kappa shape index (κ1) is 16.3. The number of halogens is 1. The molecule has 2 unspecified atom stereocenters. The summed E-state index contributed by atoms with van der Waals surface area (Å²) < 4.78 is 7.33. The molecule has 6 nitrogen and oxygen atoms in total. The molecule has 1 aliphatic heterocycles. The molecule has 0 radical (unpaired) electrons. The van der Waals surface area contributed by atoms with Crippen LogP contribution in [0.1, 0.15) is 41.9 Å². The van der Waals surface area contributed by atoms with Gasteiger partial charge >= 0.3 is 0 Å². The third-order valence-electron chi connectivity index (χ3n) is 5.14. The molecule has 7 heteroatoms. The molecule has 3 heterocycles. The van der Waals surface area contributed by atoms with E-state index in [9.17, 15) is 4.79 Å². The van der Waals surface area contributed by atoms with Crippen LogP contribution in [0, 0.1) is 6.92 Å². The van der Waals surface area contributed by atoms with Crippen LogP contribution in [0.15, 0.2) is 58.3 Å². The summed E-state index contributed by atoms with van der Waals surface area (Å²) in [4.78, 5) is 17.7. The second kappa shape index (κ2) is 6.09. The average Bonchev–Trinajstić information content (AvgIpc) is 3.28. The molecule has 1 aliphatic carbocycles. The molecule has 2 aromatic heterocycles. The van der Waals surface area contributed by atoms with Crippen molar-refractivity contribution < 1.29 is 9.21 Å². The summed E-state index contributed by atoms with van der Waals surface area (Å²) in [6, 6.07) is 11.0. The van der Waals surface area contributed by atoms with Crippen LogP contribution >= 0.6 is 11.6 Å². The molecule has 0 saturated heterocycles. The fraction of sp³-hybridized carbons (Fsp3) is 0.250. The van der Waals surface area contributed by atoms with Gasteiger partial charge in [0, 0.05) is 28.6 Å². The van der Waals surface area contributed by atoms with Crippen LogP contribution in [0.4, 0.5) is 5.95 Å². The molecule has 3 aromatic rings. The van der Waals surface area contributed by atoms with E-state index in [0.29, 0.717) is 29.6 Å². The van der Waals surface area contributed by atoms with Gasteiger partial charge in [0.05, 0.1) is 6.26 Å². The largest absolute Gasteiger partial charge is 0.469 e. The Morgan fingerprint density at radius 1 is 1.26 bits per heavy atom. The molecular weight excluding hydrogens is 364 g/mol. The Morgan fingerprint density at radius 3 is 2.93 bits per heavy atom. The van der Waals surface area contributed by atoms with Crippen LogP contribution in [-0.2, 0) is 4.79 Å². The number of furan rings is 1. The number of hydrogen-bond donors (Lipinski definition) is 1. The van der Waals surface area contributed by atoms with Crippen molar-refractivity contribution in [2.24, 2.45) is 0 Å². The highest BCUT2D eigenvalue weighted by molar-refractivity contribution is 6.30. The molecule has 1 N–H and O–H groups in total. The smallest absolute Gasteiger partial charge is 0.226 e. The Kier molecular flexibility index (Phi) is 3.68. The Labute approximate surface area is 160 Å². The molecule has 0 bridgehead atoms. The van der Waals surface area contributed by atoms with E-state index in [4.69, 9.17) is 16.0 Å². The zero-order valence-corrected chi connectivity index (χ0v) is 15.4. The summed E-state index contributed by atoms with van der Waals surface area (Å²) in [6.07, 6.45) is 2.75. The van der Waals surface area contributed by atoms with Gasteiger partial charge in [-0.15, -0.1) is 0 Å². The molecule has 136 valence electrons. The van der Waals surface area contributed by atoms with E-state index < -0.39 is 0 Å². The molecule has 0 fully saturated rings. The SMILES string of the molecule is Cc1nc2n(n1)C(c1cccc(Cl)c1)C1=C(CC(c3ccco3)CC1=O)N2. The first-order valence-electron chi connectivity index (χ1n) is 8.85. The number of anilines is 1. The second-order valence-electron chi connectivity index (χ2n) is 6.95. The summed E-state index contributed by atoms with van der Waals surface area (Å²) in [6.45, 7) is 1.84. The quantitative estimate of drug-likeness (QED) is 0.719. The van der Waals surface area contributed by atoms with Crippen LogP contribution in [0.2, 0.25) is 5.02 Å². The van der Waals surface area contributed by atoms with Gasteiger partial charge in [-0.25, -0.2) is 4.68 Å². The van der Waals surface area contributed by atoms with Crippen molar-refractivity contribution in [1.29, 1.82) is 0 Å². The van der Waals surface area contributed by atoms with E-state index >= 15 is 0 Å². The van der Waals surface area contributed by atoms with E-state index in [0.717, 1.165) is 22.6 Å². The molecule has 2 aliphatic rings. The lowest BCUT2D eigenvalue weighted by atomic mass is 9.79. The topological polar surface area (TPSA) is 73.0 Å². The zero-order chi connectivity index (χ0) is 18.5. The normalized spacial score (nSPS) is 21.6. The minimum Gasteiger partial charge on any atom is -0.469 e. The lowest BCUT2D eigenvalue weighted by molar-refractivity contribution is -0.117. The second-order valence-corrected chi connectivity index (χ2v) is 7.38. The fourth-order valence-corrected chi connectivity index (χ4v) is 4.23. The van der Waals surface area contributed by atoms with Crippen molar-refractivity contribution in [2.75, 3.05) is 5.32 Å². The van der Waals surface area contributed by atoms with Gasteiger partial charge in [-0.3, -0.25) is 4.79 Å². The van der Waals surface area contributed by atoms with E-state index in [1.165, 1.54) is 0 Å². The number of carbonyl (C=O) groups is 1. The maximum atomic E-state index is 13.2. The van der Waals surface area contributed by atoms with Gasteiger partial charge in [-0.1, -0.05) is 23.7 Å². The Morgan fingerprint density at radius 2 is 2.15 bits per heavy atom. The molecule has 1 aromatic carbocycles. The van der Waals surface area contributed by atoms with Crippen molar-refractivity contribution in [2.45, 2.75) is 31.7 Å². The number of nitrogens with zero attached hydrogens (tertiary/aromatic N) is 3.